The third-order valence-electron chi connectivity index (χ3n) is 4.51. The molecule has 11 nitrogen and oxygen atoms in total. The Hall–Kier alpha value is -3.28. The van der Waals surface area contributed by atoms with Crippen LogP contribution in [0.1, 0.15) is 23.3 Å². The number of anilines is 3. The molecule has 1 unspecified atom stereocenters. The van der Waals surface area contributed by atoms with Crippen LogP contribution in [0, 0.1) is 5.92 Å². The molecule has 1 fully saturated rings. The highest BCUT2D eigenvalue weighted by molar-refractivity contribution is 7.93. The fourth-order valence-corrected chi connectivity index (χ4v) is 3.55. The Morgan fingerprint density at radius 2 is 2.00 bits per heavy atom. The van der Waals surface area contributed by atoms with Crippen LogP contribution in [0.25, 0.3) is 0 Å². The number of ether oxygens (including phenoxy) is 1. The summed E-state index contributed by atoms with van der Waals surface area (Å²) in [5, 5.41) is 16.0. The lowest BCUT2D eigenvalue weighted by Gasteiger charge is -2.15. The molecule has 1 aliphatic rings. The number of carbonyl (C=O) groups is 2. The zero-order valence-corrected chi connectivity index (χ0v) is 17.9. The van der Waals surface area contributed by atoms with E-state index in [0.29, 0.717) is 10.6 Å². The molecule has 2 aromatic heterocycles. The minimum Gasteiger partial charge on any atom is -0.495 e. The number of methoxy groups -OCH3 is 1. The van der Waals surface area contributed by atoms with E-state index in [1.165, 1.54) is 39.7 Å². The van der Waals surface area contributed by atoms with Gasteiger partial charge in [0, 0.05) is 38.4 Å². The number of hydrogen-bond donors (Lipinski definition) is 3. The largest absolute Gasteiger partial charge is 0.495 e. The number of nitrogens with zero attached hydrogens (tertiary/aromatic N) is 4. The van der Waals surface area contributed by atoms with Gasteiger partial charge in [-0.25, -0.2) is 13.6 Å². The molecule has 1 aliphatic carbocycles. The first kappa shape index (κ1) is 21.4. The van der Waals surface area contributed by atoms with Crippen LogP contribution in [-0.4, -0.2) is 58.7 Å². The Labute approximate surface area is 174 Å². The number of hydrogen-bond acceptors (Lipinski definition) is 9. The summed E-state index contributed by atoms with van der Waals surface area (Å²) in [7, 11) is 1.59. The van der Waals surface area contributed by atoms with E-state index in [1.807, 2.05) is 0 Å². The Morgan fingerprint density at radius 1 is 1.27 bits per heavy atom. The van der Waals surface area contributed by atoms with Crippen molar-refractivity contribution >= 4 is 38.9 Å². The molecule has 0 aromatic carbocycles. The lowest BCUT2D eigenvalue weighted by atomic mass is 10.2. The molecule has 2 heterocycles. The Balaban J connectivity index is 2.04. The number of amides is 2. The molecule has 0 bridgehead atoms. The summed E-state index contributed by atoms with van der Waals surface area (Å²) in [4.78, 5) is 28.9. The number of carbonyl (C=O) groups excluding carboxylic acids is 2. The standard InChI is InChI=1S/C18H23N7O4S/c1-19-18(27)15-12(8-14(24-25-15)23-17(26)10-5-6-10)22-16-13(30(4,28)20-2)7-11(29-3)9-21-16/h7-10H,5-6H2,1-4H3,(H,19,27)(H2,21,22,23,24,26). The fourth-order valence-electron chi connectivity index (χ4n) is 2.55. The zero-order chi connectivity index (χ0) is 21.9. The number of aromatic nitrogens is 3. The van der Waals surface area contributed by atoms with Crippen LogP contribution in [0.5, 0.6) is 5.75 Å². The van der Waals surface area contributed by atoms with Crippen molar-refractivity contribution in [1.29, 1.82) is 0 Å². The van der Waals surface area contributed by atoms with Gasteiger partial charge in [-0.3, -0.25) is 9.59 Å². The number of nitrogens with one attached hydrogen (secondary N) is 3. The van der Waals surface area contributed by atoms with E-state index in [1.54, 1.807) is 6.07 Å². The maximum absolute atomic E-state index is 12.9. The summed E-state index contributed by atoms with van der Waals surface area (Å²) in [6.45, 7) is 0. The second-order valence-electron chi connectivity index (χ2n) is 6.67. The summed E-state index contributed by atoms with van der Waals surface area (Å²) in [6.07, 6.45) is 4.59. The average Bonchev–Trinajstić information content (AvgIpc) is 3.59. The van der Waals surface area contributed by atoms with Crippen LogP contribution < -0.4 is 20.7 Å². The van der Waals surface area contributed by atoms with E-state index in [2.05, 4.69) is 35.5 Å². The molecule has 0 aliphatic heterocycles. The predicted molar refractivity (Wildman–Crippen MR) is 112 cm³/mol. The Kier molecular flexibility index (Phi) is 6.15. The van der Waals surface area contributed by atoms with Crippen molar-refractivity contribution in [2.24, 2.45) is 10.3 Å². The van der Waals surface area contributed by atoms with Gasteiger partial charge < -0.3 is 20.7 Å². The van der Waals surface area contributed by atoms with Gasteiger partial charge in [0.2, 0.25) is 5.91 Å². The van der Waals surface area contributed by atoms with E-state index in [4.69, 9.17) is 4.74 Å². The summed E-state index contributed by atoms with van der Waals surface area (Å²) in [5.41, 5.74) is 0.224. The molecule has 160 valence electrons. The van der Waals surface area contributed by atoms with Gasteiger partial charge in [-0.15, -0.1) is 10.2 Å². The Bertz CT molecular complexity index is 1110. The van der Waals surface area contributed by atoms with Gasteiger partial charge in [-0.05, 0) is 12.8 Å². The van der Waals surface area contributed by atoms with Crippen LogP contribution in [0.2, 0.25) is 0 Å². The van der Waals surface area contributed by atoms with Crippen molar-refractivity contribution in [3.8, 4) is 5.75 Å². The van der Waals surface area contributed by atoms with Crippen LogP contribution >= 0.6 is 0 Å². The van der Waals surface area contributed by atoms with Crippen LogP contribution in [0.4, 0.5) is 17.3 Å². The molecule has 3 N–H and O–H groups in total. The van der Waals surface area contributed by atoms with Crippen molar-refractivity contribution in [3.05, 3.63) is 24.0 Å². The fraction of sp³-hybridized carbons (Fsp3) is 0.389. The summed E-state index contributed by atoms with van der Waals surface area (Å²) >= 11 is 0. The maximum atomic E-state index is 12.9. The first-order valence-corrected chi connectivity index (χ1v) is 11.0. The van der Waals surface area contributed by atoms with Gasteiger partial charge in [-0.2, -0.15) is 0 Å². The second-order valence-corrected chi connectivity index (χ2v) is 9.08. The third-order valence-corrected chi connectivity index (χ3v) is 6.33. The van der Waals surface area contributed by atoms with Gasteiger partial charge in [0.25, 0.3) is 5.91 Å². The molecular weight excluding hydrogens is 410 g/mol. The molecule has 12 heteroatoms. The van der Waals surface area contributed by atoms with Crippen LogP contribution in [-0.2, 0) is 14.5 Å². The topological polar surface area (TPSA) is 148 Å². The molecular formula is C18H23N7O4S. The molecule has 0 radical (unpaired) electrons. The first-order chi connectivity index (χ1) is 14.3. The van der Waals surface area contributed by atoms with Gasteiger partial charge in [0.05, 0.1) is 33.6 Å². The minimum atomic E-state index is -2.79. The quantitative estimate of drug-likeness (QED) is 0.594. The van der Waals surface area contributed by atoms with Crippen LogP contribution in [0.3, 0.4) is 0 Å². The van der Waals surface area contributed by atoms with E-state index in [-0.39, 0.29) is 34.8 Å². The summed E-state index contributed by atoms with van der Waals surface area (Å²) < 4.78 is 22.1. The average molecular weight is 433 g/mol. The molecule has 1 saturated carbocycles. The minimum absolute atomic E-state index is 0.0125. The maximum Gasteiger partial charge on any atom is 0.273 e. The number of pyridine rings is 1. The monoisotopic (exact) mass is 433 g/mol. The smallest absolute Gasteiger partial charge is 0.273 e. The number of rotatable bonds is 7. The molecule has 2 amide bonds. The third kappa shape index (κ3) is 4.64. The molecule has 2 aromatic rings. The van der Waals surface area contributed by atoms with Crippen molar-refractivity contribution in [1.82, 2.24) is 20.5 Å². The second kappa shape index (κ2) is 8.61. The summed E-state index contributed by atoms with van der Waals surface area (Å²) in [5.74, 6) is 0.157. The summed E-state index contributed by atoms with van der Waals surface area (Å²) in [6, 6.07) is 3.04. The Morgan fingerprint density at radius 3 is 2.60 bits per heavy atom. The van der Waals surface area contributed by atoms with E-state index in [9.17, 15) is 13.8 Å². The van der Waals surface area contributed by atoms with Gasteiger partial charge >= 0.3 is 0 Å². The zero-order valence-electron chi connectivity index (χ0n) is 17.1. The van der Waals surface area contributed by atoms with Crippen LogP contribution in [0.15, 0.2) is 27.6 Å². The molecule has 0 saturated heterocycles. The van der Waals surface area contributed by atoms with Crippen molar-refractivity contribution in [2.45, 2.75) is 17.7 Å². The highest BCUT2D eigenvalue weighted by Crippen LogP contribution is 2.31. The lowest BCUT2D eigenvalue weighted by molar-refractivity contribution is -0.117. The van der Waals surface area contributed by atoms with E-state index >= 15 is 0 Å². The normalized spacial score (nSPS) is 14.9. The van der Waals surface area contributed by atoms with Gasteiger partial charge in [0.15, 0.2) is 11.5 Å². The molecule has 0 spiro atoms. The van der Waals surface area contributed by atoms with Gasteiger partial charge in [0.1, 0.15) is 11.6 Å². The highest BCUT2D eigenvalue weighted by atomic mass is 32.2. The molecule has 1 atom stereocenters. The molecule has 30 heavy (non-hydrogen) atoms. The van der Waals surface area contributed by atoms with Crippen molar-refractivity contribution < 1.29 is 18.5 Å². The van der Waals surface area contributed by atoms with E-state index in [0.717, 1.165) is 12.8 Å². The lowest BCUT2D eigenvalue weighted by Crippen LogP contribution is -2.22. The van der Waals surface area contributed by atoms with Gasteiger partial charge in [-0.1, -0.05) is 0 Å². The van der Waals surface area contributed by atoms with E-state index < -0.39 is 15.6 Å². The SMILES string of the molecule is CN=S(C)(=O)c1cc(OC)cnc1Nc1cc(NC(=O)C2CC2)nnc1C(=O)NC. The predicted octanol–water partition coefficient (Wildman–Crippen LogP) is 1.42. The highest BCUT2D eigenvalue weighted by Gasteiger charge is 2.30. The molecule has 3 rings (SSSR count). The first-order valence-electron chi connectivity index (χ1n) is 9.11. The van der Waals surface area contributed by atoms with Crippen molar-refractivity contribution in [2.75, 3.05) is 38.1 Å². The van der Waals surface area contributed by atoms with Crippen molar-refractivity contribution in [3.63, 3.8) is 0 Å².